The van der Waals surface area contributed by atoms with E-state index in [2.05, 4.69) is 38.2 Å². The van der Waals surface area contributed by atoms with E-state index in [1.807, 2.05) is 0 Å². The van der Waals surface area contributed by atoms with E-state index in [-0.39, 0.29) is 0 Å². The lowest BCUT2D eigenvalue weighted by molar-refractivity contribution is 0.181. The smallest absolute Gasteiger partial charge is 0.00191 e. The molecule has 1 unspecified atom stereocenters. The van der Waals surface area contributed by atoms with Crippen molar-refractivity contribution in [1.82, 2.24) is 10.2 Å². The van der Waals surface area contributed by atoms with Gasteiger partial charge in [0.25, 0.3) is 0 Å². The minimum Gasteiger partial charge on any atom is -0.319 e. The second-order valence-corrected chi connectivity index (χ2v) is 5.54. The Labute approximate surface area is 95.4 Å². The molecule has 1 saturated heterocycles. The summed E-state index contributed by atoms with van der Waals surface area (Å²) in [4.78, 5) is 2.46. The first-order valence-electron chi connectivity index (χ1n) is 6.46. The lowest BCUT2D eigenvalue weighted by Crippen LogP contribution is -2.33. The van der Waals surface area contributed by atoms with Crippen LogP contribution in [-0.4, -0.2) is 38.6 Å². The summed E-state index contributed by atoms with van der Waals surface area (Å²) in [5.74, 6) is 2.66. The molecule has 0 aliphatic carbocycles. The molecule has 0 aromatic rings. The van der Waals surface area contributed by atoms with Crippen LogP contribution >= 0.6 is 0 Å². The maximum absolute atomic E-state index is 3.34. The second kappa shape index (κ2) is 6.49. The van der Waals surface area contributed by atoms with Gasteiger partial charge in [-0.1, -0.05) is 13.8 Å². The molecule has 1 aliphatic rings. The highest BCUT2D eigenvalue weighted by Crippen LogP contribution is 2.27. The molecule has 0 aromatic heterocycles. The van der Waals surface area contributed by atoms with Gasteiger partial charge in [0.05, 0.1) is 0 Å². The van der Waals surface area contributed by atoms with Crippen LogP contribution in [0.25, 0.3) is 0 Å². The van der Waals surface area contributed by atoms with Gasteiger partial charge in [0.15, 0.2) is 0 Å². The van der Waals surface area contributed by atoms with Crippen LogP contribution < -0.4 is 5.32 Å². The highest BCUT2D eigenvalue weighted by molar-refractivity contribution is 4.75. The summed E-state index contributed by atoms with van der Waals surface area (Å²) in [6.07, 6.45) is 4.24. The van der Waals surface area contributed by atoms with Gasteiger partial charge < -0.3 is 10.2 Å². The topological polar surface area (TPSA) is 15.3 Å². The first kappa shape index (κ1) is 13.0. The molecule has 2 heteroatoms. The molecule has 1 heterocycles. The molecule has 0 radical (unpaired) electrons. The molecule has 1 N–H and O–H groups in total. The van der Waals surface area contributed by atoms with Gasteiger partial charge in [-0.15, -0.1) is 0 Å². The van der Waals surface area contributed by atoms with Gasteiger partial charge in [0.2, 0.25) is 0 Å². The molecule has 15 heavy (non-hydrogen) atoms. The lowest BCUT2D eigenvalue weighted by atomic mass is 9.82. The average Bonchev–Trinajstić information content (AvgIpc) is 2.20. The van der Waals surface area contributed by atoms with Crippen LogP contribution in [0.15, 0.2) is 0 Å². The Morgan fingerprint density at radius 3 is 2.33 bits per heavy atom. The third kappa shape index (κ3) is 4.52. The van der Waals surface area contributed by atoms with Crippen molar-refractivity contribution in [2.75, 3.05) is 33.7 Å². The zero-order chi connectivity index (χ0) is 11.3. The van der Waals surface area contributed by atoms with Crippen LogP contribution in [0.2, 0.25) is 0 Å². The van der Waals surface area contributed by atoms with Crippen molar-refractivity contribution < 1.29 is 0 Å². The van der Waals surface area contributed by atoms with E-state index in [0.29, 0.717) is 0 Å². The second-order valence-electron chi connectivity index (χ2n) is 5.54. The molecule has 0 bridgehead atoms. The molecule has 0 spiro atoms. The molecule has 0 saturated carbocycles. The first-order valence-corrected chi connectivity index (χ1v) is 6.46. The van der Waals surface area contributed by atoms with Crippen molar-refractivity contribution in [3.63, 3.8) is 0 Å². The summed E-state index contributed by atoms with van der Waals surface area (Å²) in [6.45, 7) is 8.50. The van der Waals surface area contributed by atoms with Crippen LogP contribution in [0.5, 0.6) is 0 Å². The third-order valence-electron chi connectivity index (χ3n) is 3.88. The van der Waals surface area contributed by atoms with E-state index in [0.717, 1.165) is 17.8 Å². The summed E-state index contributed by atoms with van der Waals surface area (Å²) in [5.41, 5.74) is 0. The number of hydrogen-bond donors (Lipinski definition) is 1. The van der Waals surface area contributed by atoms with Crippen molar-refractivity contribution in [3.8, 4) is 0 Å². The van der Waals surface area contributed by atoms with Crippen molar-refractivity contribution in [3.05, 3.63) is 0 Å². The Balaban J connectivity index is 2.31. The number of rotatable bonds is 5. The van der Waals surface area contributed by atoms with Gasteiger partial charge in [-0.05, 0) is 70.7 Å². The highest BCUT2D eigenvalue weighted by Gasteiger charge is 2.22. The Hall–Kier alpha value is -0.0800. The molecular formula is C13H28N2. The maximum atomic E-state index is 3.34. The molecular weight excluding hydrogens is 184 g/mol. The molecule has 1 fully saturated rings. The number of nitrogens with one attached hydrogen (secondary N) is 1. The highest BCUT2D eigenvalue weighted by atomic mass is 15.1. The van der Waals surface area contributed by atoms with E-state index < -0.39 is 0 Å². The number of hydrogen-bond acceptors (Lipinski definition) is 2. The van der Waals surface area contributed by atoms with Crippen molar-refractivity contribution in [2.45, 2.75) is 33.1 Å². The van der Waals surface area contributed by atoms with E-state index in [4.69, 9.17) is 0 Å². The Morgan fingerprint density at radius 1 is 1.27 bits per heavy atom. The molecule has 0 aromatic carbocycles. The fourth-order valence-electron chi connectivity index (χ4n) is 2.58. The molecule has 90 valence electrons. The summed E-state index contributed by atoms with van der Waals surface area (Å²) in [6, 6.07) is 0. The van der Waals surface area contributed by atoms with Crippen LogP contribution in [0, 0.1) is 17.8 Å². The molecule has 1 aliphatic heterocycles. The Kier molecular flexibility index (Phi) is 5.62. The molecule has 0 amide bonds. The molecule has 2 nitrogen and oxygen atoms in total. The molecule has 1 atom stereocenters. The predicted octanol–water partition coefficient (Wildman–Crippen LogP) is 2.21. The minimum atomic E-state index is 0.817. The van der Waals surface area contributed by atoms with Gasteiger partial charge in [-0.25, -0.2) is 0 Å². The number of nitrogens with zero attached hydrogens (tertiary/aromatic N) is 1. The molecule has 1 rings (SSSR count). The SMILES string of the molecule is CNCC(CC1CCN(C)CC1)C(C)C. The van der Waals surface area contributed by atoms with E-state index in [1.54, 1.807) is 0 Å². The van der Waals surface area contributed by atoms with Gasteiger partial charge in [-0.3, -0.25) is 0 Å². The summed E-state index contributed by atoms with van der Waals surface area (Å²) < 4.78 is 0. The fraction of sp³-hybridized carbons (Fsp3) is 1.00. The first-order chi connectivity index (χ1) is 7.13. The standard InChI is InChI=1S/C13H28N2/c1-11(2)13(10-14-3)9-12-5-7-15(4)8-6-12/h11-14H,5-10H2,1-4H3. The Morgan fingerprint density at radius 2 is 1.87 bits per heavy atom. The van der Waals surface area contributed by atoms with E-state index in [9.17, 15) is 0 Å². The van der Waals surface area contributed by atoms with Crippen LogP contribution in [-0.2, 0) is 0 Å². The van der Waals surface area contributed by atoms with Gasteiger partial charge in [0, 0.05) is 0 Å². The van der Waals surface area contributed by atoms with Crippen molar-refractivity contribution >= 4 is 0 Å². The normalized spacial score (nSPS) is 22.2. The zero-order valence-electron chi connectivity index (χ0n) is 10.9. The summed E-state index contributed by atoms with van der Waals surface area (Å²) >= 11 is 0. The largest absolute Gasteiger partial charge is 0.319 e. The van der Waals surface area contributed by atoms with E-state index >= 15 is 0 Å². The average molecular weight is 212 g/mol. The van der Waals surface area contributed by atoms with Crippen LogP contribution in [0.1, 0.15) is 33.1 Å². The number of piperidine rings is 1. The quantitative estimate of drug-likeness (QED) is 0.751. The lowest BCUT2D eigenvalue weighted by Gasteiger charge is -2.32. The maximum Gasteiger partial charge on any atom is -0.00191 e. The van der Waals surface area contributed by atoms with Gasteiger partial charge >= 0.3 is 0 Å². The summed E-state index contributed by atoms with van der Waals surface area (Å²) in [5, 5.41) is 3.34. The van der Waals surface area contributed by atoms with E-state index in [1.165, 1.54) is 38.9 Å². The number of likely N-dealkylation sites (tertiary alicyclic amines) is 1. The van der Waals surface area contributed by atoms with Gasteiger partial charge in [0.1, 0.15) is 0 Å². The van der Waals surface area contributed by atoms with Crippen molar-refractivity contribution in [1.29, 1.82) is 0 Å². The van der Waals surface area contributed by atoms with Crippen LogP contribution in [0.3, 0.4) is 0 Å². The summed E-state index contributed by atoms with van der Waals surface area (Å²) in [7, 11) is 4.31. The van der Waals surface area contributed by atoms with Crippen molar-refractivity contribution in [2.24, 2.45) is 17.8 Å². The van der Waals surface area contributed by atoms with Gasteiger partial charge in [-0.2, -0.15) is 0 Å². The predicted molar refractivity (Wildman–Crippen MR) is 67.1 cm³/mol. The fourth-order valence-corrected chi connectivity index (χ4v) is 2.58. The zero-order valence-corrected chi connectivity index (χ0v) is 10.9. The monoisotopic (exact) mass is 212 g/mol. The Bertz CT molecular complexity index is 160. The minimum absolute atomic E-state index is 0.817. The van der Waals surface area contributed by atoms with Crippen LogP contribution in [0.4, 0.5) is 0 Å². The third-order valence-corrected chi connectivity index (χ3v) is 3.88.